The summed E-state index contributed by atoms with van der Waals surface area (Å²) in [5, 5.41) is 2.74. The standard InChI is InChI=1S/C6H13NO.C2H2/c1-3-5-7-6(8)4-2;1-2/h3-5H2,1-2H3,(H,7,8);1-2H. The highest BCUT2D eigenvalue weighted by Crippen LogP contribution is 1.75. The second-order valence-electron chi connectivity index (χ2n) is 1.70. The zero-order valence-electron chi connectivity index (χ0n) is 6.68. The highest BCUT2D eigenvalue weighted by Gasteiger charge is 1.90. The molecule has 0 aliphatic heterocycles. The van der Waals surface area contributed by atoms with E-state index in [1.807, 2.05) is 13.8 Å². The van der Waals surface area contributed by atoms with Crippen LogP contribution in [-0.4, -0.2) is 12.5 Å². The molecule has 1 amide bonds. The fourth-order valence-electron chi connectivity index (χ4n) is 0.389. The summed E-state index contributed by atoms with van der Waals surface area (Å²) in [5.41, 5.74) is 0. The van der Waals surface area contributed by atoms with Crippen molar-refractivity contribution in [3.63, 3.8) is 0 Å². The lowest BCUT2D eigenvalue weighted by atomic mass is 10.4. The van der Waals surface area contributed by atoms with E-state index in [4.69, 9.17) is 0 Å². The van der Waals surface area contributed by atoms with Gasteiger partial charge in [0.1, 0.15) is 0 Å². The van der Waals surface area contributed by atoms with Gasteiger partial charge < -0.3 is 5.32 Å². The minimum absolute atomic E-state index is 0.145. The Balaban J connectivity index is 0. The number of rotatable bonds is 3. The summed E-state index contributed by atoms with van der Waals surface area (Å²) in [6.07, 6.45) is 9.62. The van der Waals surface area contributed by atoms with Crippen molar-refractivity contribution in [3.8, 4) is 12.8 Å². The molecule has 0 spiro atoms. The van der Waals surface area contributed by atoms with Crippen LogP contribution < -0.4 is 5.32 Å². The second-order valence-corrected chi connectivity index (χ2v) is 1.70. The van der Waals surface area contributed by atoms with Crippen molar-refractivity contribution in [1.29, 1.82) is 0 Å². The Kier molecular flexibility index (Phi) is 12.9. The van der Waals surface area contributed by atoms with Crippen LogP contribution in [0.1, 0.15) is 26.7 Å². The number of nitrogens with one attached hydrogen (secondary N) is 1. The zero-order valence-corrected chi connectivity index (χ0v) is 6.68. The molecule has 2 heteroatoms. The lowest BCUT2D eigenvalue weighted by Crippen LogP contribution is -2.22. The molecule has 58 valence electrons. The lowest BCUT2D eigenvalue weighted by molar-refractivity contribution is -0.120. The Labute approximate surface area is 63.0 Å². The maximum absolute atomic E-state index is 10.5. The van der Waals surface area contributed by atoms with E-state index in [9.17, 15) is 4.79 Å². The van der Waals surface area contributed by atoms with E-state index in [0.717, 1.165) is 13.0 Å². The predicted octanol–water partition coefficient (Wildman–Crippen LogP) is 1.17. The van der Waals surface area contributed by atoms with Crippen molar-refractivity contribution in [2.24, 2.45) is 0 Å². The number of hydrogen-bond acceptors (Lipinski definition) is 1. The highest BCUT2D eigenvalue weighted by molar-refractivity contribution is 5.75. The smallest absolute Gasteiger partial charge is 0.219 e. The molecule has 0 aromatic heterocycles. The molecule has 0 atom stereocenters. The highest BCUT2D eigenvalue weighted by atomic mass is 16.1. The van der Waals surface area contributed by atoms with E-state index < -0.39 is 0 Å². The molecule has 2 nitrogen and oxygen atoms in total. The number of amides is 1. The first kappa shape index (κ1) is 11.8. The van der Waals surface area contributed by atoms with E-state index in [1.54, 1.807) is 0 Å². The zero-order chi connectivity index (χ0) is 8.41. The number of carbonyl (C=O) groups is 1. The van der Waals surface area contributed by atoms with Gasteiger partial charge in [-0.2, -0.15) is 0 Å². The van der Waals surface area contributed by atoms with Crippen LogP contribution in [0.3, 0.4) is 0 Å². The fraction of sp³-hybridized carbons (Fsp3) is 0.625. The van der Waals surface area contributed by atoms with E-state index in [1.165, 1.54) is 0 Å². The van der Waals surface area contributed by atoms with Crippen LogP contribution in [0.5, 0.6) is 0 Å². The molecular formula is C8H15NO. The van der Waals surface area contributed by atoms with Crippen molar-refractivity contribution in [2.45, 2.75) is 26.7 Å². The van der Waals surface area contributed by atoms with Gasteiger partial charge in [0.25, 0.3) is 0 Å². The van der Waals surface area contributed by atoms with Crippen molar-refractivity contribution in [3.05, 3.63) is 0 Å². The van der Waals surface area contributed by atoms with Gasteiger partial charge in [-0.3, -0.25) is 4.79 Å². The Morgan fingerprint density at radius 1 is 1.40 bits per heavy atom. The Morgan fingerprint density at radius 2 is 1.90 bits per heavy atom. The van der Waals surface area contributed by atoms with Gasteiger partial charge in [0.05, 0.1) is 0 Å². The molecule has 0 fully saturated rings. The minimum Gasteiger partial charge on any atom is -0.356 e. The van der Waals surface area contributed by atoms with Gasteiger partial charge in [-0.25, -0.2) is 0 Å². The van der Waals surface area contributed by atoms with E-state index in [2.05, 4.69) is 18.2 Å². The Bertz CT molecular complexity index is 96.7. The van der Waals surface area contributed by atoms with Crippen LogP contribution in [0, 0.1) is 12.8 Å². The topological polar surface area (TPSA) is 29.1 Å². The monoisotopic (exact) mass is 141 g/mol. The normalized spacial score (nSPS) is 7.20. The molecule has 0 saturated carbocycles. The predicted molar refractivity (Wildman–Crippen MR) is 43.5 cm³/mol. The first-order valence-electron chi connectivity index (χ1n) is 3.41. The quantitative estimate of drug-likeness (QED) is 0.587. The fourth-order valence-corrected chi connectivity index (χ4v) is 0.389. The molecular weight excluding hydrogens is 126 g/mol. The number of hydrogen-bond donors (Lipinski definition) is 1. The number of terminal acetylenes is 1. The molecule has 0 aromatic rings. The summed E-state index contributed by atoms with van der Waals surface area (Å²) in [5.74, 6) is 0.145. The molecule has 0 radical (unpaired) electrons. The van der Waals surface area contributed by atoms with Gasteiger partial charge in [0.2, 0.25) is 5.91 Å². The maximum atomic E-state index is 10.5. The van der Waals surface area contributed by atoms with Crippen LogP contribution in [0.25, 0.3) is 0 Å². The van der Waals surface area contributed by atoms with Crippen LogP contribution >= 0.6 is 0 Å². The maximum Gasteiger partial charge on any atom is 0.219 e. The molecule has 0 bridgehead atoms. The summed E-state index contributed by atoms with van der Waals surface area (Å²) < 4.78 is 0. The summed E-state index contributed by atoms with van der Waals surface area (Å²) in [6.45, 7) is 4.70. The van der Waals surface area contributed by atoms with Gasteiger partial charge in [0.15, 0.2) is 0 Å². The van der Waals surface area contributed by atoms with E-state index >= 15 is 0 Å². The summed E-state index contributed by atoms with van der Waals surface area (Å²) in [6, 6.07) is 0. The third-order valence-corrected chi connectivity index (χ3v) is 0.893. The molecule has 0 saturated heterocycles. The molecule has 0 unspecified atom stereocenters. The van der Waals surface area contributed by atoms with Gasteiger partial charge in [0, 0.05) is 13.0 Å². The third kappa shape index (κ3) is 10.1. The molecule has 0 heterocycles. The molecule has 1 N–H and O–H groups in total. The molecule has 10 heavy (non-hydrogen) atoms. The van der Waals surface area contributed by atoms with Crippen molar-refractivity contribution in [2.75, 3.05) is 6.54 Å². The average Bonchev–Trinajstić information content (AvgIpc) is 2.04. The van der Waals surface area contributed by atoms with Crippen molar-refractivity contribution < 1.29 is 4.79 Å². The SMILES string of the molecule is C#C.CCCNC(=O)CC. The van der Waals surface area contributed by atoms with Crippen LogP contribution in [0.4, 0.5) is 0 Å². The van der Waals surface area contributed by atoms with E-state index in [-0.39, 0.29) is 5.91 Å². The Morgan fingerprint density at radius 3 is 2.20 bits per heavy atom. The van der Waals surface area contributed by atoms with Crippen molar-refractivity contribution in [1.82, 2.24) is 5.32 Å². The summed E-state index contributed by atoms with van der Waals surface area (Å²) in [7, 11) is 0. The Hall–Kier alpha value is -0.970. The minimum atomic E-state index is 0.145. The largest absolute Gasteiger partial charge is 0.356 e. The van der Waals surface area contributed by atoms with Crippen LogP contribution in [0.15, 0.2) is 0 Å². The molecule has 0 rings (SSSR count). The van der Waals surface area contributed by atoms with Crippen LogP contribution in [-0.2, 0) is 4.79 Å². The molecule has 0 aliphatic carbocycles. The number of carbonyl (C=O) groups excluding carboxylic acids is 1. The lowest BCUT2D eigenvalue weighted by Gasteiger charge is -1.97. The second kappa shape index (κ2) is 10.9. The first-order chi connectivity index (χ1) is 4.81. The van der Waals surface area contributed by atoms with Crippen molar-refractivity contribution >= 4 is 5.91 Å². The molecule has 0 aliphatic rings. The van der Waals surface area contributed by atoms with Gasteiger partial charge in [-0.05, 0) is 6.42 Å². The first-order valence-corrected chi connectivity index (χ1v) is 3.41. The van der Waals surface area contributed by atoms with Gasteiger partial charge in [-0.15, -0.1) is 12.8 Å². The van der Waals surface area contributed by atoms with Gasteiger partial charge >= 0.3 is 0 Å². The average molecular weight is 141 g/mol. The summed E-state index contributed by atoms with van der Waals surface area (Å²) >= 11 is 0. The van der Waals surface area contributed by atoms with E-state index in [0.29, 0.717) is 6.42 Å². The van der Waals surface area contributed by atoms with Gasteiger partial charge in [-0.1, -0.05) is 13.8 Å². The molecule has 0 aromatic carbocycles. The third-order valence-electron chi connectivity index (χ3n) is 0.893. The van der Waals surface area contributed by atoms with Crippen LogP contribution in [0.2, 0.25) is 0 Å². The summed E-state index contributed by atoms with van der Waals surface area (Å²) in [4.78, 5) is 10.5.